The average molecular weight is 256 g/mol. The normalized spacial score (nSPS) is 10.7. The zero-order valence-electron chi connectivity index (χ0n) is 9.20. The van der Waals surface area contributed by atoms with Gasteiger partial charge in [0.25, 0.3) is 5.91 Å². The molecule has 6 heteroatoms. The number of aromatic nitrogens is 2. The summed E-state index contributed by atoms with van der Waals surface area (Å²) in [5.74, 6) is -0.465. The molecule has 1 N–H and O–H groups in total. The number of rotatable bonds is 3. The van der Waals surface area contributed by atoms with Crippen molar-refractivity contribution in [3.05, 3.63) is 47.7 Å². The number of carbonyl (C=O) groups is 1. The van der Waals surface area contributed by atoms with Gasteiger partial charge in [0.15, 0.2) is 0 Å². The summed E-state index contributed by atoms with van der Waals surface area (Å²) in [7, 11) is 0. The van der Waals surface area contributed by atoms with Crippen LogP contribution in [0.4, 0.5) is 5.00 Å². The summed E-state index contributed by atoms with van der Waals surface area (Å²) in [5, 5.41) is 15.6. The van der Waals surface area contributed by atoms with Crippen molar-refractivity contribution in [3.8, 4) is 6.07 Å². The van der Waals surface area contributed by atoms with E-state index in [0.29, 0.717) is 5.00 Å². The van der Waals surface area contributed by atoms with E-state index in [0.717, 1.165) is 17.1 Å². The van der Waals surface area contributed by atoms with E-state index < -0.39 is 5.91 Å². The van der Waals surface area contributed by atoms with Gasteiger partial charge in [0, 0.05) is 11.5 Å². The number of amides is 1. The molecule has 1 aromatic carbocycles. The molecule has 2 rings (SSSR count). The van der Waals surface area contributed by atoms with Gasteiger partial charge in [-0.05, 0) is 11.6 Å². The average Bonchev–Trinajstić information content (AvgIpc) is 2.90. The van der Waals surface area contributed by atoms with Crippen LogP contribution in [0.2, 0.25) is 0 Å². The maximum atomic E-state index is 11.8. The van der Waals surface area contributed by atoms with E-state index in [9.17, 15) is 4.79 Å². The smallest absolute Gasteiger partial charge is 0.267 e. The second-order valence-corrected chi connectivity index (χ2v) is 4.10. The molecule has 0 atom stereocenters. The van der Waals surface area contributed by atoms with Crippen molar-refractivity contribution >= 4 is 28.5 Å². The minimum Gasteiger partial charge on any atom is -0.310 e. The van der Waals surface area contributed by atoms with Gasteiger partial charge < -0.3 is 5.32 Å². The first-order valence-corrected chi connectivity index (χ1v) is 5.82. The number of nitrogens with one attached hydrogen (secondary N) is 1. The summed E-state index contributed by atoms with van der Waals surface area (Å²) in [5.41, 5.74) is 0.834. The topological polar surface area (TPSA) is 78.7 Å². The Hall–Kier alpha value is -2.52. The molecule has 2 aromatic rings. The maximum absolute atomic E-state index is 11.8. The molecule has 0 aliphatic rings. The summed E-state index contributed by atoms with van der Waals surface area (Å²) < 4.78 is 3.62. The highest BCUT2D eigenvalue weighted by molar-refractivity contribution is 7.10. The van der Waals surface area contributed by atoms with Crippen LogP contribution < -0.4 is 5.32 Å². The highest BCUT2D eigenvalue weighted by Crippen LogP contribution is 2.12. The molecule has 18 heavy (non-hydrogen) atoms. The fourth-order valence-corrected chi connectivity index (χ4v) is 1.68. The van der Waals surface area contributed by atoms with Crippen LogP contribution in [0.3, 0.4) is 0 Å². The molecule has 88 valence electrons. The van der Waals surface area contributed by atoms with Crippen LogP contribution in [0, 0.1) is 11.3 Å². The van der Waals surface area contributed by atoms with Crippen molar-refractivity contribution in [2.75, 3.05) is 5.32 Å². The Kier molecular flexibility index (Phi) is 3.79. The molecule has 0 unspecified atom stereocenters. The minimum atomic E-state index is -0.465. The summed E-state index contributed by atoms with van der Waals surface area (Å²) in [4.78, 5) is 11.8. The third-order valence-electron chi connectivity index (χ3n) is 2.07. The maximum Gasteiger partial charge on any atom is 0.267 e. The van der Waals surface area contributed by atoms with Crippen molar-refractivity contribution in [3.63, 3.8) is 0 Å². The van der Waals surface area contributed by atoms with Gasteiger partial charge in [-0.25, -0.2) is 0 Å². The Morgan fingerprint density at radius 3 is 2.78 bits per heavy atom. The van der Waals surface area contributed by atoms with Crippen molar-refractivity contribution in [2.24, 2.45) is 0 Å². The molecule has 0 saturated carbocycles. The van der Waals surface area contributed by atoms with Crippen LogP contribution in [-0.4, -0.2) is 15.5 Å². The second kappa shape index (κ2) is 5.70. The number of anilines is 1. The van der Waals surface area contributed by atoms with E-state index in [-0.39, 0.29) is 5.57 Å². The van der Waals surface area contributed by atoms with Crippen LogP contribution in [0.1, 0.15) is 5.56 Å². The Morgan fingerprint density at radius 1 is 1.39 bits per heavy atom. The fraction of sp³-hybridized carbons (Fsp3) is 0. The molecular weight excluding hydrogens is 248 g/mol. The monoisotopic (exact) mass is 256 g/mol. The molecule has 5 nitrogen and oxygen atoms in total. The SMILES string of the molecule is N#C/C(=C\c1ccccc1)C(=O)Nc1cnns1. The van der Waals surface area contributed by atoms with Gasteiger partial charge in [-0.15, -0.1) is 5.10 Å². The number of nitriles is 1. The Labute approximate surface area is 108 Å². The standard InChI is InChI=1S/C12H8N4OS/c13-7-10(6-9-4-2-1-3-5-9)12(17)15-11-8-14-16-18-11/h1-6,8H,(H,15,17)/b10-6+. The van der Waals surface area contributed by atoms with Gasteiger partial charge in [0.05, 0.1) is 6.20 Å². The van der Waals surface area contributed by atoms with Crippen LogP contribution in [-0.2, 0) is 4.79 Å². The van der Waals surface area contributed by atoms with Crippen molar-refractivity contribution in [2.45, 2.75) is 0 Å². The highest BCUT2D eigenvalue weighted by atomic mass is 32.1. The van der Waals surface area contributed by atoms with E-state index in [1.807, 2.05) is 36.4 Å². The van der Waals surface area contributed by atoms with E-state index >= 15 is 0 Å². The lowest BCUT2D eigenvalue weighted by atomic mass is 10.1. The number of hydrogen-bond acceptors (Lipinski definition) is 5. The number of carbonyl (C=O) groups excluding carboxylic acids is 1. The lowest BCUT2D eigenvalue weighted by Gasteiger charge is -1.99. The first kappa shape index (κ1) is 12.0. The molecule has 0 spiro atoms. The third kappa shape index (κ3) is 2.99. The Bertz CT molecular complexity index is 599. The number of nitrogens with zero attached hydrogens (tertiary/aromatic N) is 3. The zero-order valence-corrected chi connectivity index (χ0v) is 10.0. The van der Waals surface area contributed by atoms with Gasteiger partial charge in [0.1, 0.15) is 16.6 Å². The van der Waals surface area contributed by atoms with Gasteiger partial charge in [-0.3, -0.25) is 4.79 Å². The molecule has 0 aliphatic heterocycles. The van der Waals surface area contributed by atoms with Crippen molar-refractivity contribution in [1.82, 2.24) is 9.59 Å². The van der Waals surface area contributed by atoms with Gasteiger partial charge in [-0.2, -0.15) is 5.26 Å². The van der Waals surface area contributed by atoms with Gasteiger partial charge >= 0.3 is 0 Å². The lowest BCUT2D eigenvalue weighted by Crippen LogP contribution is -2.12. The molecule has 1 amide bonds. The van der Waals surface area contributed by atoms with Crippen molar-refractivity contribution in [1.29, 1.82) is 5.26 Å². The van der Waals surface area contributed by atoms with E-state index in [4.69, 9.17) is 5.26 Å². The van der Waals surface area contributed by atoms with E-state index in [2.05, 4.69) is 14.9 Å². The quantitative estimate of drug-likeness (QED) is 0.673. The van der Waals surface area contributed by atoms with Crippen LogP contribution in [0.25, 0.3) is 6.08 Å². The predicted molar refractivity (Wildman–Crippen MR) is 68.6 cm³/mol. The molecular formula is C12H8N4OS. The fourth-order valence-electron chi connectivity index (χ4n) is 1.27. The van der Waals surface area contributed by atoms with Crippen LogP contribution in [0.5, 0.6) is 0 Å². The predicted octanol–water partition coefficient (Wildman–Crippen LogP) is 2.08. The van der Waals surface area contributed by atoms with E-state index in [1.54, 1.807) is 0 Å². The molecule has 0 saturated heterocycles. The first-order chi connectivity index (χ1) is 8.79. The molecule has 0 aliphatic carbocycles. The lowest BCUT2D eigenvalue weighted by molar-refractivity contribution is -0.112. The molecule has 0 fully saturated rings. The summed E-state index contributed by atoms with van der Waals surface area (Å²) in [6.07, 6.45) is 2.96. The largest absolute Gasteiger partial charge is 0.310 e. The number of benzene rings is 1. The Balaban J connectivity index is 2.17. The Morgan fingerprint density at radius 2 is 2.17 bits per heavy atom. The molecule has 0 radical (unpaired) electrons. The van der Waals surface area contributed by atoms with Crippen molar-refractivity contribution < 1.29 is 4.79 Å². The van der Waals surface area contributed by atoms with Crippen LogP contribution in [0.15, 0.2) is 42.1 Å². The van der Waals surface area contributed by atoms with Gasteiger partial charge in [0.2, 0.25) is 0 Å². The van der Waals surface area contributed by atoms with Crippen LogP contribution >= 0.6 is 11.5 Å². The summed E-state index contributed by atoms with van der Waals surface area (Å²) in [6.45, 7) is 0. The summed E-state index contributed by atoms with van der Waals surface area (Å²) in [6, 6.07) is 11.1. The first-order valence-electron chi connectivity index (χ1n) is 5.05. The molecule has 0 bridgehead atoms. The zero-order chi connectivity index (χ0) is 12.8. The summed E-state index contributed by atoms with van der Waals surface area (Å²) >= 11 is 1.06. The van der Waals surface area contributed by atoms with Gasteiger partial charge in [-0.1, -0.05) is 34.8 Å². The number of hydrogen-bond donors (Lipinski definition) is 1. The molecule has 1 aromatic heterocycles. The third-order valence-corrected chi connectivity index (χ3v) is 2.65. The highest BCUT2D eigenvalue weighted by Gasteiger charge is 2.10. The van der Waals surface area contributed by atoms with E-state index in [1.165, 1.54) is 12.3 Å². The second-order valence-electron chi connectivity index (χ2n) is 3.32. The minimum absolute atomic E-state index is 0.0367. The molecule has 1 heterocycles.